The van der Waals surface area contributed by atoms with Crippen molar-refractivity contribution in [3.8, 4) is 0 Å². The Hall–Kier alpha value is -1.01. The van der Waals surface area contributed by atoms with Gasteiger partial charge in [-0.15, -0.1) is 0 Å². The van der Waals surface area contributed by atoms with Gasteiger partial charge in [-0.2, -0.15) is 11.8 Å². The van der Waals surface area contributed by atoms with Crippen LogP contribution < -0.4 is 5.32 Å². The molecule has 0 unspecified atom stereocenters. The van der Waals surface area contributed by atoms with E-state index in [-0.39, 0.29) is 5.91 Å². The Morgan fingerprint density at radius 3 is 2.71 bits per heavy atom. The fourth-order valence-electron chi connectivity index (χ4n) is 1.43. The van der Waals surface area contributed by atoms with Crippen LogP contribution in [0, 0.1) is 0 Å². The van der Waals surface area contributed by atoms with Crippen molar-refractivity contribution in [3.63, 3.8) is 0 Å². The molecule has 1 amide bonds. The molecular formula is C11H18N2O3S. The SMILES string of the molecule is COC(=O)C=CC(=O)NCCN1CCSCC1. The topological polar surface area (TPSA) is 58.6 Å². The van der Waals surface area contributed by atoms with Gasteiger partial charge in [0.05, 0.1) is 7.11 Å². The number of carbonyl (C=O) groups excluding carboxylic acids is 2. The first kappa shape index (κ1) is 14.1. The molecule has 0 aromatic heterocycles. The number of nitrogens with one attached hydrogen (secondary N) is 1. The Morgan fingerprint density at radius 2 is 2.06 bits per heavy atom. The highest BCUT2D eigenvalue weighted by atomic mass is 32.2. The van der Waals surface area contributed by atoms with Crippen LogP contribution in [0.1, 0.15) is 0 Å². The van der Waals surface area contributed by atoms with Crippen molar-refractivity contribution >= 4 is 23.6 Å². The van der Waals surface area contributed by atoms with Crippen molar-refractivity contribution < 1.29 is 14.3 Å². The summed E-state index contributed by atoms with van der Waals surface area (Å²) >= 11 is 1.96. The second-order valence-electron chi connectivity index (χ2n) is 3.60. The van der Waals surface area contributed by atoms with Gasteiger partial charge in [0.25, 0.3) is 0 Å². The highest BCUT2D eigenvalue weighted by molar-refractivity contribution is 7.99. The van der Waals surface area contributed by atoms with Gasteiger partial charge in [-0.1, -0.05) is 0 Å². The zero-order valence-electron chi connectivity index (χ0n) is 9.98. The van der Waals surface area contributed by atoms with Crippen molar-refractivity contribution in [2.24, 2.45) is 0 Å². The van der Waals surface area contributed by atoms with Crippen LogP contribution in [-0.4, -0.2) is 61.6 Å². The molecule has 0 aromatic rings. The molecule has 1 saturated heterocycles. The molecule has 1 heterocycles. The number of esters is 1. The van der Waals surface area contributed by atoms with E-state index < -0.39 is 5.97 Å². The first-order valence-corrected chi connectivity index (χ1v) is 6.72. The number of ether oxygens (including phenoxy) is 1. The third-order valence-electron chi connectivity index (χ3n) is 2.40. The van der Waals surface area contributed by atoms with Crippen molar-refractivity contribution in [1.29, 1.82) is 0 Å². The van der Waals surface area contributed by atoms with E-state index in [1.54, 1.807) is 0 Å². The van der Waals surface area contributed by atoms with Crippen LogP contribution in [0.25, 0.3) is 0 Å². The summed E-state index contributed by atoms with van der Waals surface area (Å²) in [5, 5.41) is 2.73. The summed E-state index contributed by atoms with van der Waals surface area (Å²) < 4.78 is 4.38. The van der Waals surface area contributed by atoms with Crippen molar-refractivity contribution in [2.45, 2.75) is 0 Å². The van der Waals surface area contributed by atoms with Gasteiger partial charge in [0.15, 0.2) is 0 Å². The zero-order valence-corrected chi connectivity index (χ0v) is 10.8. The normalized spacial score (nSPS) is 17.0. The maximum Gasteiger partial charge on any atom is 0.330 e. The van der Waals surface area contributed by atoms with E-state index in [0.29, 0.717) is 6.54 Å². The van der Waals surface area contributed by atoms with E-state index in [1.807, 2.05) is 11.8 Å². The number of hydrogen-bond donors (Lipinski definition) is 1. The molecule has 1 N–H and O–H groups in total. The molecule has 0 bridgehead atoms. The molecule has 1 rings (SSSR count). The maximum atomic E-state index is 11.3. The van der Waals surface area contributed by atoms with Gasteiger partial charge in [-0.05, 0) is 0 Å². The van der Waals surface area contributed by atoms with Crippen LogP contribution in [0.4, 0.5) is 0 Å². The van der Waals surface area contributed by atoms with Crippen molar-refractivity contribution in [2.75, 3.05) is 44.8 Å². The molecule has 1 fully saturated rings. The maximum absolute atomic E-state index is 11.3. The van der Waals surface area contributed by atoms with Crippen molar-refractivity contribution in [1.82, 2.24) is 10.2 Å². The molecule has 17 heavy (non-hydrogen) atoms. The minimum atomic E-state index is -0.520. The van der Waals surface area contributed by atoms with Gasteiger partial charge in [0.2, 0.25) is 5.91 Å². The van der Waals surface area contributed by atoms with E-state index in [2.05, 4.69) is 15.0 Å². The Bertz CT molecular complexity index is 288. The molecule has 0 saturated carbocycles. The fraction of sp³-hybridized carbons (Fsp3) is 0.636. The highest BCUT2D eigenvalue weighted by Gasteiger charge is 2.09. The van der Waals surface area contributed by atoms with Crippen LogP contribution in [0.3, 0.4) is 0 Å². The molecule has 1 aliphatic heterocycles. The van der Waals surface area contributed by atoms with Gasteiger partial charge in [0, 0.05) is 49.8 Å². The van der Waals surface area contributed by atoms with E-state index in [9.17, 15) is 9.59 Å². The number of carbonyl (C=O) groups is 2. The highest BCUT2D eigenvalue weighted by Crippen LogP contribution is 2.07. The van der Waals surface area contributed by atoms with E-state index in [4.69, 9.17) is 0 Å². The lowest BCUT2D eigenvalue weighted by atomic mass is 10.4. The summed E-state index contributed by atoms with van der Waals surface area (Å²) in [5.74, 6) is 1.54. The van der Waals surface area contributed by atoms with Crippen LogP contribution in [0.5, 0.6) is 0 Å². The van der Waals surface area contributed by atoms with Gasteiger partial charge < -0.3 is 10.1 Å². The molecule has 0 aliphatic carbocycles. The van der Waals surface area contributed by atoms with Gasteiger partial charge in [-0.25, -0.2) is 4.79 Å². The standard InChI is InChI=1S/C11H18N2O3S/c1-16-11(15)3-2-10(14)12-4-5-13-6-8-17-9-7-13/h2-3H,4-9H2,1H3,(H,12,14). The smallest absolute Gasteiger partial charge is 0.330 e. The second-order valence-corrected chi connectivity index (χ2v) is 4.83. The van der Waals surface area contributed by atoms with E-state index in [0.717, 1.165) is 37.2 Å². The van der Waals surface area contributed by atoms with Gasteiger partial charge in [-0.3, -0.25) is 9.69 Å². The summed E-state index contributed by atoms with van der Waals surface area (Å²) in [6.45, 7) is 3.63. The van der Waals surface area contributed by atoms with Crippen LogP contribution >= 0.6 is 11.8 Å². The summed E-state index contributed by atoms with van der Waals surface area (Å²) in [4.78, 5) is 24.3. The largest absolute Gasteiger partial charge is 0.466 e. The lowest BCUT2D eigenvalue weighted by Crippen LogP contribution is -2.38. The third kappa shape index (κ3) is 6.33. The number of hydrogen-bond acceptors (Lipinski definition) is 5. The molecule has 6 heteroatoms. The minimum absolute atomic E-state index is 0.262. The number of nitrogens with zero attached hydrogens (tertiary/aromatic N) is 1. The summed E-state index contributed by atoms with van der Waals surface area (Å²) in [7, 11) is 1.28. The monoisotopic (exact) mass is 258 g/mol. The molecule has 0 spiro atoms. The Morgan fingerprint density at radius 1 is 1.35 bits per heavy atom. The molecule has 0 aromatic carbocycles. The average molecular weight is 258 g/mol. The molecule has 0 radical (unpaired) electrons. The van der Waals surface area contributed by atoms with E-state index >= 15 is 0 Å². The van der Waals surface area contributed by atoms with E-state index in [1.165, 1.54) is 13.2 Å². The Balaban J connectivity index is 2.11. The molecule has 96 valence electrons. The average Bonchev–Trinajstić information content (AvgIpc) is 2.37. The Kier molecular flexibility index (Phi) is 6.73. The molecule has 5 nitrogen and oxygen atoms in total. The predicted molar refractivity (Wildman–Crippen MR) is 67.9 cm³/mol. The molecule has 0 atom stereocenters. The summed E-state index contributed by atoms with van der Waals surface area (Å²) in [6.07, 6.45) is 2.31. The number of rotatable bonds is 5. The summed E-state index contributed by atoms with van der Waals surface area (Å²) in [5.41, 5.74) is 0. The lowest BCUT2D eigenvalue weighted by molar-refractivity contribution is -0.135. The summed E-state index contributed by atoms with van der Waals surface area (Å²) in [6, 6.07) is 0. The third-order valence-corrected chi connectivity index (χ3v) is 3.35. The minimum Gasteiger partial charge on any atom is -0.466 e. The lowest BCUT2D eigenvalue weighted by Gasteiger charge is -2.25. The number of thioether (sulfide) groups is 1. The zero-order chi connectivity index (χ0) is 12.5. The predicted octanol–water partition coefficient (Wildman–Crippen LogP) is -0.119. The van der Waals surface area contributed by atoms with Gasteiger partial charge in [0.1, 0.15) is 0 Å². The first-order valence-electron chi connectivity index (χ1n) is 5.56. The first-order chi connectivity index (χ1) is 8.22. The second kappa shape index (κ2) is 8.14. The number of amides is 1. The van der Waals surface area contributed by atoms with Crippen molar-refractivity contribution in [3.05, 3.63) is 12.2 Å². The van der Waals surface area contributed by atoms with Crippen LogP contribution in [0.2, 0.25) is 0 Å². The van der Waals surface area contributed by atoms with Crippen LogP contribution in [-0.2, 0) is 14.3 Å². The Labute approximate surface area is 106 Å². The molecular weight excluding hydrogens is 240 g/mol. The van der Waals surface area contributed by atoms with Gasteiger partial charge >= 0.3 is 5.97 Å². The number of methoxy groups -OCH3 is 1. The fourth-order valence-corrected chi connectivity index (χ4v) is 2.41. The quantitative estimate of drug-likeness (QED) is 0.550. The molecule has 1 aliphatic rings. The van der Waals surface area contributed by atoms with Crippen LogP contribution in [0.15, 0.2) is 12.2 Å².